The molecular weight excluding hydrogens is 470 g/mol. The number of hydrogen-bond acceptors (Lipinski definition) is 8. The van der Waals surface area contributed by atoms with Crippen LogP contribution in [0.5, 0.6) is 0 Å². The standard InChI is InChI=1S/C24H23N5O3S2/c1-4-32-23(31)19-18(16-8-6-5-7-9-16)14-33-22(19)26-21(30)15(2)34-24-28-27-20(29(24)3)17-10-12-25-13-11-17/h5-15H,4H2,1-3H3,(H,26,30). The molecule has 1 aromatic carbocycles. The summed E-state index contributed by atoms with van der Waals surface area (Å²) in [6, 6.07) is 13.3. The van der Waals surface area contributed by atoms with Crippen LogP contribution in [0.15, 0.2) is 65.4 Å². The highest BCUT2D eigenvalue weighted by atomic mass is 32.2. The fourth-order valence-corrected chi connectivity index (χ4v) is 5.06. The van der Waals surface area contributed by atoms with Gasteiger partial charge in [0.05, 0.1) is 11.9 Å². The molecule has 34 heavy (non-hydrogen) atoms. The van der Waals surface area contributed by atoms with Crippen molar-refractivity contribution in [3.8, 4) is 22.5 Å². The minimum absolute atomic E-state index is 0.245. The lowest BCUT2D eigenvalue weighted by Gasteiger charge is -2.12. The summed E-state index contributed by atoms with van der Waals surface area (Å²) in [5.74, 6) is -0.0214. The van der Waals surface area contributed by atoms with Crippen LogP contribution in [0.3, 0.4) is 0 Å². The SMILES string of the molecule is CCOC(=O)c1c(-c2ccccc2)csc1NC(=O)C(C)Sc1nnc(-c2ccncc2)n1C. The van der Waals surface area contributed by atoms with Gasteiger partial charge in [0.2, 0.25) is 5.91 Å². The van der Waals surface area contributed by atoms with Crippen LogP contribution in [0.25, 0.3) is 22.5 Å². The predicted molar refractivity (Wildman–Crippen MR) is 134 cm³/mol. The molecule has 174 valence electrons. The van der Waals surface area contributed by atoms with Crippen LogP contribution in [0.2, 0.25) is 0 Å². The Morgan fingerprint density at radius 2 is 1.85 bits per heavy atom. The molecule has 0 saturated heterocycles. The summed E-state index contributed by atoms with van der Waals surface area (Å²) in [5.41, 5.74) is 2.87. The monoisotopic (exact) mass is 493 g/mol. The molecule has 4 rings (SSSR count). The number of hydrogen-bond donors (Lipinski definition) is 1. The summed E-state index contributed by atoms with van der Waals surface area (Å²) in [6.07, 6.45) is 3.39. The maximum Gasteiger partial charge on any atom is 0.341 e. The van der Waals surface area contributed by atoms with Crippen LogP contribution in [-0.4, -0.2) is 43.5 Å². The number of rotatable bonds is 8. The van der Waals surface area contributed by atoms with E-state index in [9.17, 15) is 9.59 Å². The van der Waals surface area contributed by atoms with Gasteiger partial charge in [-0.1, -0.05) is 42.1 Å². The molecule has 3 aromatic heterocycles. The molecule has 8 nitrogen and oxygen atoms in total. The van der Waals surface area contributed by atoms with Gasteiger partial charge < -0.3 is 14.6 Å². The number of carbonyl (C=O) groups excluding carboxylic acids is 2. The Morgan fingerprint density at radius 3 is 2.56 bits per heavy atom. The molecule has 1 N–H and O–H groups in total. The van der Waals surface area contributed by atoms with Gasteiger partial charge in [0, 0.05) is 35.9 Å². The van der Waals surface area contributed by atoms with Gasteiger partial charge in [0.1, 0.15) is 10.6 Å². The number of nitrogens with one attached hydrogen (secondary N) is 1. The van der Waals surface area contributed by atoms with Crippen molar-refractivity contribution in [3.05, 3.63) is 65.8 Å². The van der Waals surface area contributed by atoms with Gasteiger partial charge in [-0.05, 0) is 31.5 Å². The van der Waals surface area contributed by atoms with E-state index in [0.717, 1.165) is 16.7 Å². The van der Waals surface area contributed by atoms with Crippen molar-refractivity contribution in [2.45, 2.75) is 24.3 Å². The van der Waals surface area contributed by atoms with Crippen LogP contribution >= 0.6 is 23.1 Å². The molecular formula is C24H23N5O3S2. The highest BCUT2D eigenvalue weighted by Gasteiger charge is 2.25. The summed E-state index contributed by atoms with van der Waals surface area (Å²) < 4.78 is 7.11. The van der Waals surface area contributed by atoms with Crippen LogP contribution < -0.4 is 5.32 Å². The van der Waals surface area contributed by atoms with E-state index in [1.165, 1.54) is 23.1 Å². The number of thioether (sulfide) groups is 1. The van der Waals surface area contributed by atoms with Gasteiger partial charge >= 0.3 is 5.97 Å². The molecule has 0 bridgehead atoms. The molecule has 1 amide bonds. The Balaban J connectivity index is 1.53. The number of pyridine rings is 1. The summed E-state index contributed by atoms with van der Waals surface area (Å²) in [7, 11) is 1.85. The number of anilines is 1. The molecule has 0 saturated carbocycles. The third-order valence-electron chi connectivity index (χ3n) is 5.02. The lowest BCUT2D eigenvalue weighted by atomic mass is 10.0. The van der Waals surface area contributed by atoms with E-state index in [4.69, 9.17) is 4.74 Å². The van der Waals surface area contributed by atoms with E-state index in [2.05, 4.69) is 20.5 Å². The molecule has 10 heteroatoms. The predicted octanol–water partition coefficient (Wildman–Crippen LogP) is 4.90. The van der Waals surface area contributed by atoms with Crippen molar-refractivity contribution in [2.24, 2.45) is 7.05 Å². The van der Waals surface area contributed by atoms with Crippen molar-refractivity contribution in [1.29, 1.82) is 0 Å². The zero-order valence-corrected chi connectivity index (χ0v) is 20.5. The van der Waals surface area contributed by atoms with Gasteiger partial charge in [0.25, 0.3) is 0 Å². The van der Waals surface area contributed by atoms with Crippen LogP contribution in [0.4, 0.5) is 5.00 Å². The summed E-state index contributed by atoms with van der Waals surface area (Å²) in [5, 5.41) is 13.8. The number of ether oxygens (including phenoxy) is 1. The van der Waals surface area contributed by atoms with E-state index in [0.29, 0.717) is 21.5 Å². The minimum Gasteiger partial charge on any atom is -0.462 e. The van der Waals surface area contributed by atoms with E-state index in [1.54, 1.807) is 26.2 Å². The van der Waals surface area contributed by atoms with Crippen LogP contribution in [-0.2, 0) is 16.6 Å². The van der Waals surface area contributed by atoms with Crippen molar-refractivity contribution in [3.63, 3.8) is 0 Å². The molecule has 4 aromatic rings. The minimum atomic E-state index is -0.481. The number of carbonyl (C=O) groups is 2. The molecule has 1 atom stereocenters. The molecule has 1 unspecified atom stereocenters. The third-order valence-corrected chi connectivity index (χ3v) is 7.05. The Morgan fingerprint density at radius 1 is 1.12 bits per heavy atom. The highest BCUT2D eigenvalue weighted by Crippen LogP contribution is 2.37. The molecule has 0 aliphatic rings. The molecule has 0 fully saturated rings. The van der Waals surface area contributed by atoms with E-state index >= 15 is 0 Å². The number of esters is 1. The topological polar surface area (TPSA) is 99.0 Å². The zero-order valence-electron chi connectivity index (χ0n) is 18.9. The molecule has 3 heterocycles. The normalized spacial score (nSPS) is 11.7. The maximum atomic E-state index is 13.0. The highest BCUT2D eigenvalue weighted by molar-refractivity contribution is 8.00. The molecule has 0 aliphatic carbocycles. The van der Waals surface area contributed by atoms with Gasteiger partial charge in [-0.15, -0.1) is 21.5 Å². The fraction of sp³-hybridized carbons (Fsp3) is 0.208. The average Bonchev–Trinajstić information content (AvgIpc) is 3.44. The van der Waals surface area contributed by atoms with Gasteiger partial charge in [-0.2, -0.15) is 0 Å². The lowest BCUT2D eigenvalue weighted by Crippen LogP contribution is -2.23. The van der Waals surface area contributed by atoms with E-state index < -0.39 is 11.2 Å². The summed E-state index contributed by atoms with van der Waals surface area (Å²) >= 11 is 2.59. The smallest absolute Gasteiger partial charge is 0.341 e. The number of amides is 1. The Bertz CT molecular complexity index is 1290. The first-order chi connectivity index (χ1) is 16.5. The molecule has 0 aliphatic heterocycles. The third kappa shape index (κ3) is 5.02. The van der Waals surface area contributed by atoms with Crippen LogP contribution in [0.1, 0.15) is 24.2 Å². The second-order valence-electron chi connectivity index (χ2n) is 7.29. The first-order valence-corrected chi connectivity index (χ1v) is 12.4. The quantitative estimate of drug-likeness (QED) is 0.275. The van der Waals surface area contributed by atoms with E-state index in [1.807, 2.05) is 59.5 Å². The van der Waals surface area contributed by atoms with Gasteiger partial charge in [-0.25, -0.2) is 4.79 Å². The van der Waals surface area contributed by atoms with Crippen molar-refractivity contribution in [2.75, 3.05) is 11.9 Å². The average molecular weight is 494 g/mol. The lowest BCUT2D eigenvalue weighted by molar-refractivity contribution is -0.115. The Kier molecular flexibility index (Phi) is 7.39. The second-order valence-corrected chi connectivity index (χ2v) is 9.48. The number of thiophene rings is 1. The van der Waals surface area contributed by atoms with Gasteiger partial charge in [-0.3, -0.25) is 9.78 Å². The van der Waals surface area contributed by atoms with Crippen molar-refractivity contribution < 1.29 is 14.3 Å². The maximum absolute atomic E-state index is 13.0. The summed E-state index contributed by atoms with van der Waals surface area (Å²) in [6.45, 7) is 3.79. The first kappa shape index (κ1) is 23.7. The van der Waals surface area contributed by atoms with E-state index in [-0.39, 0.29) is 12.5 Å². The molecule has 0 spiro atoms. The summed E-state index contributed by atoms with van der Waals surface area (Å²) in [4.78, 5) is 29.8. The largest absolute Gasteiger partial charge is 0.462 e. The zero-order chi connectivity index (χ0) is 24.1. The fourth-order valence-electron chi connectivity index (χ4n) is 3.28. The Labute approximate surface area is 205 Å². The van der Waals surface area contributed by atoms with Gasteiger partial charge in [0.15, 0.2) is 11.0 Å². The molecule has 0 radical (unpaired) electrons. The Hall–Kier alpha value is -3.50. The number of nitrogens with zero attached hydrogens (tertiary/aromatic N) is 4. The van der Waals surface area contributed by atoms with Crippen molar-refractivity contribution in [1.82, 2.24) is 19.7 Å². The number of benzene rings is 1. The first-order valence-electron chi connectivity index (χ1n) is 10.6. The number of aromatic nitrogens is 4. The van der Waals surface area contributed by atoms with Crippen molar-refractivity contribution >= 4 is 40.0 Å². The van der Waals surface area contributed by atoms with Crippen LogP contribution in [0, 0.1) is 0 Å². The second kappa shape index (κ2) is 10.6.